The van der Waals surface area contributed by atoms with E-state index in [2.05, 4.69) is 23.2 Å². The number of methoxy groups -OCH3 is 4. The van der Waals surface area contributed by atoms with Gasteiger partial charge in [-0.3, -0.25) is 0 Å². The van der Waals surface area contributed by atoms with Gasteiger partial charge in [0, 0.05) is 22.8 Å². The predicted molar refractivity (Wildman–Crippen MR) is 124 cm³/mol. The summed E-state index contributed by atoms with van der Waals surface area (Å²) in [6, 6.07) is 9.84. The number of hydrogen-bond donors (Lipinski definition) is 0. The van der Waals surface area contributed by atoms with Crippen molar-refractivity contribution in [3.8, 4) is 23.0 Å². The Hall–Kier alpha value is -3.06. The van der Waals surface area contributed by atoms with Crippen molar-refractivity contribution in [2.75, 3.05) is 28.4 Å². The van der Waals surface area contributed by atoms with E-state index in [9.17, 15) is 0 Å². The fraction of sp³-hybridized carbons (Fsp3) is 0.417. The number of nitrogens with zero attached hydrogens (tertiary/aromatic N) is 2. The summed E-state index contributed by atoms with van der Waals surface area (Å²) in [7, 11) is 6.55. The second kappa shape index (κ2) is 10.8. The van der Waals surface area contributed by atoms with Gasteiger partial charge in [0.05, 0.1) is 28.4 Å². The summed E-state index contributed by atoms with van der Waals surface area (Å²) in [5.74, 6) is 2.86. The Kier molecular flexibility index (Phi) is 8.45. The first-order chi connectivity index (χ1) is 14.6. The van der Waals surface area contributed by atoms with E-state index in [1.165, 1.54) is 0 Å². The lowest BCUT2D eigenvalue weighted by Crippen LogP contribution is -2.13. The minimum absolute atomic E-state index is 0. The molecule has 0 fully saturated rings. The van der Waals surface area contributed by atoms with Gasteiger partial charge in [0.1, 0.15) is 5.71 Å². The van der Waals surface area contributed by atoms with E-state index >= 15 is 0 Å². The molecule has 2 N–H and O–H groups in total. The molecule has 3 rings (SSSR count). The normalized spacial score (nSPS) is 15.0. The highest BCUT2D eigenvalue weighted by atomic mass is 16.5. The molecule has 1 heterocycles. The Morgan fingerprint density at radius 3 is 2.03 bits per heavy atom. The topological polar surface area (TPSA) is 93.1 Å². The van der Waals surface area contributed by atoms with Gasteiger partial charge < -0.3 is 24.4 Å². The van der Waals surface area contributed by atoms with Crippen molar-refractivity contribution in [3.63, 3.8) is 0 Å². The summed E-state index contributed by atoms with van der Waals surface area (Å²) in [5.41, 5.74) is 4.79. The van der Waals surface area contributed by atoms with Crippen LogP contribution in [0.1, 0.15) is 55.7 Å². The molecule has 2 aromatic rings. The van der Waals surface area contributed by atoms with Gasteiger partial charge in [0.25, 0.3) is 0 Å². The summed E-state index contributed by atoms with van der Waals surface area (Å²) in [6.45, 7) is 4.24. The molecular weight excluding hydrogens is 396 g/mol. The minimum atomic E-state index is 0. The van der Waals surface area contributed by atoms with Gasteiger partial charge in [-0.05, 0) is 49.2 Å². The minimum Gasteiger partial charge on any atom is -0.493 e. The first-order valence-electron chi connectivity index (χ1n) is 10.2. The van der Waals surface area contributed by atoms with E-state index in [1.54, 1.807) is 28.4 Å². The SMILES string of the molecule is CCCCC1C(C)=NN=C(c2ccc(OC)c(OC)c2)c2cc(OC)c(OC)cc21.O. The molecule has 1 aliphatic heterocycles. The number of benzene rings is 2. The van der Waals surface area contributed by atoms with Crippen molar-refractivity contribution in [1.29, 1.82) is 0 Å². The van der Waals surface area contributed by atoms with Gasteiger partial charge in [-0.15, -0.1) is 5.10 Å². The Balaban J connectivity index is 0.00000341. The molecule has 0 saturated carbocycles. The van der Waals surface area contributed by atoms with Gasteiger partial charge in [0.15, 0.2) is 23.0 Å². The maximum absolute atomic E-state index is 5.60. The van der Waals surface area contributed by atoms with Gasteiger partial charge in [-0.25, -0.2) is 0 Å². The first kappa shape index (κ1) is 24.2. The van der Waals surface area contributed by atoms with Crippen LogP contribution >= 0.6 is 0 Å². The van der Waals surface area contributed by atoms with Crippen LogP contribution in [0, 0.1) is 0 Å². The molecule has 7 nitrogen and oxygen atoms in total. The van der Waals surface area contributed by atoms with Crippen LogP contribution in [0.2, 0.25) is 0 Å². The van der Waals surface area contributed by atoms with Crippen LogP contribution in [-0.4, -0.2) is 45.3 Å². The zero-order valence-corrected chi connectivity index (χ0v) is 19.1. The molecule has 0 aliphatic carbocycles. The third kappa shape index (κ3) is 4.82. The molecule has 168 valence electrons. The van der Waals surface area contributed by atoms with Crippen LogP contribution in [0.4, 0.5) is 0 Å². The van der Waals surface area contributed by atoms with Crippen molar-refractivity contribution in [2.45, 2.75) is 39.0 Å². The molecule has 2 aromatic carbocycles. The molecule has 31 heavy (non-hydrogen) atoms. The summed E-state index contributed by atoms with van der Waals surface area (Å²) in [4.78, 5) is 0. The largest absolute Gasteiger partial charge is 0.493 e. The zero-order chi connectivity index (χ0) is 21.7. The predicted octanol–water partition coefficient (Wildman–Crippen LogP) is 4.40. The number of fused-ring (bicyclic) bond motifs is 1. The zero-order valence-electron chi connectivity index (χ0n) is 19.1. The van der Waals surface area contributed by atoms with Crippen LogP contribution in [0.25, 0.3) is 0 Å². The lowest BCUT2D eigenvalue weighted by atomic mass is 9.84. The van der Waals surface area contributed by atoms with E-state index in [-0.39, 0.29) is 11.4 Å². The Morgan fingerprint density at radius 1 is 0.806 bits per heavy atom. The standard InChI is InChI=1S/C24H30N2O4.H2O/c1-7-8-9-17-15(2)25-26-24(16-10-11-20(27-3)21(12-16)28-4)19-14-23(30-6)22(29-5)13-18(17)19;/h10-14,17H,7-9H2,1-6H3;1H2. The summed E-state index contributed by atoms with van der Waals surface area (Å²) in [5, 5.41) is 9.24. The van der Waals surface area contributed by atoms with Crippen molar-refractivity contribution < 1.29 is 24.4 Å². The molecular formula is C24H32N2O5. The summed E-state index contributed by atoms with van der Waals surface area (Å²) in [6.07, 6.45) is 3.23. The molecule has 7 heteroatoms. The number of rotatable bonds is 8. The van der Waals surface area contributed by atoms with Crippen LogP contribution < -0.4 is 18.9 Å². The van der Waals surface area contributed by atoms with Crippen molar-refractivity contribution in [1.82, 2.24) is 0 Å². The molecule has 1 atom stereocenters. The molecule has 0 radical (unpaired) electrons. The Bertz CT molecular complexity index is 969. The average molecular weight is 429 g/mol. The van der Waals surface area contributed by atoms with Crippen LogP contribution in [0.3, 0.4) is 0 Å². The molecule has 0 saturated heterocycles. The summed E-state index contributed by atoms with van der Waals surface area (Å²) >= 11 is 0. The first-order valence-corrected chi connectivity index (χ1v) is 10.2. The third-order valence-corrected chi connectivity index (χ3v) is 5.50. The molecule has 0 spiro atoms. The highest BCUT2D eigenvalue weighted by Gasteiger charge is 2.27. The van der Waals surface area contributed by atoms with Crippen LogP contribution in [0.15, 0.2) is 40.5 Å². The van der Waals surface area contributed by atoms with Crippen molar-refractivity contribution >= 4 is 11.4 Å². The van der Waals surface area contributed by atoms with Gasteiger partial charge >= 0.3 is 0 Å². The van der Waals surface area contributed by atoms with Gasteiger partial charge in [-0.2, -0.15) is 5.10 Å². The molecule has 0 amide bonds. The van der Waals surface area contributed by atoms with E-state index in [1.807, 2.05) is 31.2 Å². The van der Waals surface area contributed by atoms with E-state index in [4.69, 9.17) is 18.9 Å². The highest BCUT2D eigenvalue weighted by Crippen LogP contribution is 2.39. The summed E-state index contributed by atoms with van der Waals surface area (Å²) < 4.78 is 22.1. The fourth-order valence-corrected chi connectivity index (χ4v) is 3.83. The molecule has 0 aromatic heterocycles. The number of ether oxygens (including phenoxy) is 4. The second-order valence-electron chi connectivity index (χ2n) is 7.25. The third-order valence-electron chi connectivity index (χ3n) is 5.50. The molecule has 1 aliphatic rings. The molecule has 0 bridgehead atoms. The van der Waals surface area contributed by atoms with Gasteiger partial charge in [0.2, 0.25) is 0 Å². The average Bonchev–Trinajstić information content (AvgIpc) is 2.91. The lowest BCUT2D eigenvalue weighted by Gasteiger charge is -2.21. The number of hydrogen-bond acceptors (Lipinski definition) is 6. The van der Waals surface area contributed by atoms with Crippen molar-refractivity contribution in [2.24, 2.45) is 10.2 Å². The molecule has 1 unspecified atom stereocenters. The van der Waals surface area contributed by atoms with E-state index in [0.29, 0.717) is 23.0 Å². The highest BCUT2D eigenvalue weighted by molar-refractivity contribution is 6.16. The van der Waals surface area contributed by atoms with Crippen LogP contribution in [0.5, 0.6) is 23.0 Å². The monoisotopic (exact) mass is 428 g/mol. The van der Waals surface area contributed by atoms with Crippen molar-refractivity contribution in [3.05, 3.63) is 47.0 Å². The maximum Gasteiger partial charge on any atom is 0.161 e. The smallest absolute Gasteiger partial charge is 0.161 e. The number of unbranched alkanes of at least 4 members (excludes halogenated alkanes) is 1. The Labute approximate surface area is 184 Å². The fourth-order valence-electron chi connectivity index (χ4n) is 3.83. The maximum atomic E-state index is 5.60. The van der Waals surface area contributed by atoms with E-state index in [0.717, 1.165) is 47.4 Å². The van der Waals surface area contributed by atoms with E-state index < -0.39 is 0 Å². The Morgan fingerprint density at radius 2 is 1.42 bits per heavy atom. The van der Waals surface area contributed by atoms with Crippen LogP contribution in [-0.2, 0) is 0 Å². The van der Waals surface area contributed by atoms with Gasteiger partial charge in [-0.1, -0.05) is 19.8 Å². The quantitative estimate of drug-likeness (QED) is 0.623. The second-order valence-corrected chi connectivity index (χ2v) is 7.25. The lowest BCUT2D eigenvalue weighted by molar-refractivity contribution is 0.354.